The van der Waals surface area contributed by atoms with E-state index in [-0.39, 0.29) is 6.10 Å². The zero-order valence-electron chi connectivity index (χ0n) is 9.11. The zero-order chi connectivity index (χ0) is 11.3. The minimum atomic E-state index is -0.423. The third kappa shape index (κ3) is 5.30. The van der Waals surface area contributed by atoms with E-state index < -0.39 is 6.10 Å². The molecule has 0 aromatic heterocycles. The van der Waals surface area contributed by atoms with Crippen LogP contribution in [0.4, 0.5) is 0 Å². The molecule has 0 amide bonds. The highest BCUT2D eigenvalue weighted by molar-refractivity contribution is 9.10. The van der Waals surface area contributed by atoms with Gasteiger partial charge in [0.1, 0.15) is 0 Å². The Kier molecular flexibility index (Phi) is 5.29. The normalized spacial score (nSPS) is 13.1. The van der Waals surface area contributed by atoms with E-state index in [1.165, 1.54) is 0 Å². The summed E-state index contributed by atoms with van der Waals surface area (Å²) in [5.74, 6) is 0. The van der Waals surface area contributed by atoms with Gasteiger partial charge in [-0.15, -0.1) is 0 Å². The fourth-order valence-corrected chi connectivity index (χ4v) is 1.52. The smallest absolute Gasteiger partial charge is 0.0814 e. The first-order chi connectivity index (χ1) is 7.08. The number of hydrogen-bond donors (Lipinski definition) is 1. The highest BCUT2D eigenvalue weighted by atomic mass is 79.9. The standard InChI is InChI=1S/C12H17BrO2/c1-9(2)15-8-12(14)7-10-3-5-11(13)6-4-10/h3-6,9,12,14H,7-8H2,1-2H3. The van der Waals surface area contributed by atoms with Crippen LogP contribution in [-0.2, 0) is 11.2 Å². The lowest BCUT2D eigenvalue weighted by atomic mass is 10.1. The van der Waals surface area contributed by atoms with Crippen LogP contribution in [0.5, 0.6) is 0 Å². The number of benzene rings is 1. The Morgan fingerprint density at radius 3 is 2.40 bits per heavy atom. The molecule has 84 valence electrons. The van der Waals surface area contributed by atoms with Gasteiger partial charge in [0.2, 0.25) is 0 Å². The molecule has 1 rings (SSSR count). The van der Waals surface area contributed by atoms with Gasteiger partial charge in [0.25, 0.3) is 0 Å². The second kappa shape index (κ2) is 6.26. The van der Waals surface area contributed by atoms with Crippen LogP contribution in [0.25, 0.3) is 0 Å². The lowest BCUT2D eigenvalue weighted by molar-refractivity contribution is 0.00621. The highest BCUT2D eigenvalue weighted by Crippen LogP contribution is 2.12. The summed E-state index contributed by atoms with van der Waals surface area (Å²) < 4.78 is 6.40. The maximum atomic E-state index is 9.68. The average Bonchev–Trinajstić information content (AvgIpc) is 2.19. The SMILES string of the molecule is CC(C)OCC(O)Cc1ccc(Br)cc1. The summed E-state index contributed by atoms with van der Waals surface area (Å²) >= 11 is 3.37. The maximum absolute atomic E-state index is 9.68. The average molecular weight is 273 g/mol. The number of ether oxygens (including phenoxy) is 1. The monoisotopic (exact) mass is 272 g/mol. The lowest BCUT2D eigenvalue weighted by Crippen LogP contribution is -2.20. The van der Waals surface area contributed by atoms with Crippen molar-refractivity contribution in [2.45, 2.75) is 32.5 Å². The molecule has 1 N–H and O–H groups in total. The van der Waals surface area contributed by atoms with E-state index in [0.717, 1.165) is 10.0 Å². The second-order valence-corrected chi connectivity index (χ2v) is 4.78. The molecule has 0 aliphatic carbocycles. The van der Waals surface area contributed by atoms with E-state index >= 15 is 0 Å². The summed E-state index contributed by atoms with van der Waals surface area (Å²) in [7, 11) is 0. The Bertz CT molecular complexity index is 282. The van der Waals surface area contributed by atoms with Crippen LogP contribution in [0.3, 0.4) is 0 Å². The van der Waals surface area contributed by atoms with E-state index in [0.29, 0.717) is 13.0 Å². The van der Waals surface area contributed by atoms with Crippen LogP contribution in [0, 0.1) is 0 Å². The number of aliphatic hydroxyl groups excluding tert-OH is 1. The molecule has 1 aromatic rings. The first-order valence-corrected chi connectivity index (χ1v) is 5.91. The highest BCUT2D eigenvalue weighted by Gasteiger charge is 2.06. The predicted molar refractivity (Wildman–Crippen MR) is 64.9 cm³/mol. The van der Waals surface area contributed by atoms with Crippen LogP contribution >= 0.6 is 15.9 Å². The van der Waals surface area contributed by atoms with Crippen molar-refractivity contribution in [2.24, 2.45) is 0 Å². The van der Waals surface area contributed by atoms with Gasteiger partial charge < -0.3 is 9.84 Å². The molecule has 0 fully saturated rings. The van der Waals surface area contributed by atoms with Crippen LogP contribution in [-0.4, -0.2) is 23.9 Å². The number of aliphatic hydroxyl groups is 1. The van der Waals surface area contributed by atoms with Crippen molar-refractivity contribution in [3.05, 3.63) is 34.3 Å². The maximum Gasteiger partial charge on any atom is 0.0814 e. The Morgan fingerprint density at radius 1 is 1.27 bits per heavy atom. The fourth-order valence-electron chi connectivity index (χ4n) is 1.26. The second-order valence-electron chi connectivity index (χ2n) is 3.87. The van der Waals surface area contributed by atoms with Gasteiger partial charge in [-0.2, -0.15) is 0 Å². The molecule has 1 atom stereocenters. The molecule has 0 saturated heterocycles. The summed E-state index contributed by atoms with van der Waals surface area (Å²) in [5.41, 5.74) is 1.12. The van der Waals surface area contributed by atoms with E-state index in [1.54, 1.807) is 0 Å². The number of rotatable bonds is 5. The van der Waals surface area contributed by atoms with Crippen molar-refractivity contribution in [3.63, 3.8) is 0 Å². The summed E-state index contributed by atoms with van der Waals surface area (Å²) in [6.45, 7) is 4.33. The van der Waals surface area contributed by atoms with Crippen LogP contribution in [0.2, 0.25) is 0 Å². The van der Waals surface area contributed by atoms with Crippen molar-refractivity contribution in [2.75, 3.05) is 6.61 Å². The molecule has 0 aliphatic heterocycles. The molecular weight excluding hydrogens is 256 g/mol. The topological polar surface area (TPSA) is 29.5 Å². The molecule has 1 unspecified atom stereocenters. The van der Waals surface area contributed by atoms with Gasteiger partial charge in [-0.05, 0) is 31.5 Å². The van der Waals surface area contributed by atoms with E-state index in [2.05, 4.69) is 15.9 Å². The first-order valence-electron chi connectivity index (χ1n) is 5.12. The van der Waals surface area contributed by atoms with E-state index in [4.69, 9.17) is 4.74 Å². The third-order valence-electron chi connectivity index (χ3n) is 2.01. The molecule has 2 nitrogen and oxygen atoms in total. The molecule has 0 saturated carbocycles. The zero-order valence-corrected chi connectivity index (χ0v) is 10.7. The predicted octanol–water partition coefficient (Wildman–Crippen LogP) is 2.78. The van der Waals surface area contributed by atoms with Crippen LogP contribution < -0.4 is 0 Å². The van der Waals surface area contributed by atoms with Crippen molar-refractivity contribution in [1.82, 2.24) is 0 Å². The molecule has 1 aromatic carbocycles. The molecule has 0 bridgehead atoms. The van der Waals surface area contributed by atoms with Crippen LogP contribution in [0.15, 0.2) is 28.7 Å². The Hall–Kier alpha value is -0.380. The molecule has 3 heteroatoms. The van der Waals surface area contributed by atoms with E-state index in [1.807, 2.05) is 38.1 Å². The molecule has 0 heterocycles. The molecule has 0 spiro atoms. The summed E-state index contributed by atoms with van der Waals surface area (Å²) in [6, 6.07) is 7.96. The number of halogens is 1. The van der Waals surface area contributed by atoms with Crippen molar-refractivity contribution >= 4 is 15.9 Å². The van der Waals surface area contributed by atoms with E-state index in [9.17, 15) is 5.11 Å². The molecule has 0 aliphatic rings. The van der Waals surface area contributed by atoms with Gasteiger partial charge >= 0.3 is 0 Å². The minimum absolute atomic E-state index is 0.171. The van der Waals surface area contributed by atoms with Crippen molar-refractivity contribution in [1.29, 1.82) is 0 Å². The fraction of sp³-hybridized carbons (Fsp3) is 0.500. The molecule has 15 heavy (non-hydrogen) atoms. The van der Waals surface area contributed by atoms with Gasteiger partial charge in [-0.3, -0.25) is 0 Å². The van der Waals surface area contributed by atoms with Crippen molar-refractivity contribution < 1.29 is 9.84 Å². The quantitative estimate of drug-likeness (QED) is 0.893. The summed E-state index contributed by atoms with van der Waals surface area (Å²) in [4.78, 5) is 0. The largest absolute Gasteiger partial charge is 0.390 e. The lowest BCUT2D eigenvalue weighted by Gasteiger charge is -2.13. The van der Waals surface area contributed by atoms with Gasteiger partial charge in [0, 0.05) is 10.9 Å². The Labute approximate surface area is 99.4 Å². The molecule has 0 radical (unpaired) electrons. The number of hydrogen-bond acceptors (Lipinski definition) is 2. The molecular formula is C12H17BrO2. The first kappa shape index (κ1) is 12.7. The minimum Gasteiger partial charge on any atom is -0.390 e. The summed E-state index contributed by atoms with van der Waals surface area (Å²) in [6.07, 6.45) is 0.387. The van der Waals surface area contributed by atoms with Gasteiger partial charge in [0.15, 0.2) is 0 Å². The Morgan fingerprint density at radius 2 is 1.87 bits per heavy atom. The van der Waals surface area contributed by atoms with Crippen LogP contribution in [0.1, 0.15) is 19.4 Å². The van der Waals surface area contributed by atoms with Crippen molar-refractivity contribution in [3.8, 4) is 0 Å². The van der Waals surface area contributed by atoms with Gasteiger partial charge in [-0.25, -0.2) is 0 Å². The third-order valence-corrected chi connectivity index (χ3v) is 2.54. The Balaban J connectivity index is 2.37. The van der Waals surface area contributed by atoms with Gasteiger partial charge in [-0.1, -0.05) is 28.1 Å². The van der Waals surface area contributed by atoms with Gasteiger partial charge in [0.05, 0.1) is 18.8 Å². The summed E-state index contributed by atoms with van der Waals surface area (Å²) in [5, 5.41) is 9.68.